The van der Waals surface area contributed by atoms with Crippen LogP contribution in [0.3, 0.4) is 0 Å². The van der Waals surface area contributed by atoms with E-state index in [1.165, 1.54) is 0 Å². The Kier molecular flexibility index (Phi) is 8.30. The maximum absolute atomic E-state index is 4.48. The summed E-state index contributed by atoms with van der Waals surface area (Å²) in [5.41, 5.74) is 3.16. The Labute approximate surface area is 132 Å². The van der Waals surface area contributed by atoms with Gasteiger partial charge in [0.1, 0.15) is 0 Å². The number of rotatable bonds is 9. The summed E-state index contributed by atoms with van der Waals surface area (Å²) in [7, 11) is 7.91. The van der Waals surface area contributed by atoms with E-state index in [0.29, 0.717) is 18.1 Å². The molecule has 0 fully saturated rings. The fraction of sp³-hybridized carbons (Fsp3) is 0.692. The van der Waals surface area contributed by atoms with E-state index in [2.05, 4.69) is 62.1 Å². The van der Waals surface area contributed by atoms with Gasteiger partial charge in [0.15, 0.2) is 0 Å². The number of hydrogen-bond acceptors (Lipinski definition) is 4. The molecule has 0 unspecified atom stereocenters. The van der Waals surface area contributed by atoms with Crippen LogP contribution in [-0.4, -0.2) is 52.3 Å². The minimum absolute atomic E-state index is 0.388. The molecule has 0 amide bonds. The fourth-order valence-electron chi connectivity index (χ4n) is 1.66. The Bertz CT molecular complexity index is 396. The molecular weight excluding hydrogens is 255 g/mol. The van der Waals surface area contributed by atoms with Crippen molar-refractivity contribution in [2.75, 3.05) is 0 Å². The molecule has 1 aromatic heterocycles. The summed E-state index contributed by atoms with van der Waals surface area (Å²) in [6.07, 6.45) is 0. The molecule has 0 bridgehead atoms. The summed E-state index contributed by atoms with van der Waals surface area (Å²) in [6, 6.07) is 1.19. The second kappa shape index (κ2) is 9.44. The third kappa shape index (κ3) is 7.30. The van der Waals surface area contributed by atoms with Crippen LogP contribution in [-0.2, 0) is 0 Å². The van der Waals surface area contributed by atoms with Crippen LogP contribution in [0.5, 0.6) is 0 Å². The molecule has 0 aromatic carbocycles. The first-order valence-corrected chi connectivity index (χ1v) is 7.67. The van der Waals surface area contributed by atoms with Gasteiger partial charge >= 0.3 is 132 Å². The molecule has 0 aliphatic heterocycles. The molecule has 0 spiro atoms. The van der Waals surface area contributed by atoms with Gasteiger partial charge in [-0.15, -0.1) is 0 Å². The Morgan fingerprint density at radius 1 is 0.857 bits per heavy atom. The Balaban J connectivity index is 2.90. The Morgan fingerprint density at radius 3 is 1.95 bits per heavy atom. The first-order valence-electron chi connectivity index (χ1n) is 7.67. The van der Waals surface area contributed by atoms with Gasteiger partial charge < -0.3 is 0 Å². The topological polar surface area (TPSA) is 49.0 Å². The summed E-state index contributed by atoms with van der Waals surface area (Å²) >= 11 is 0. The van der Waals surface area contributed by atoms with E-state index < -0.39 is 0 Å². The monoisotopic (exact) mass is 281 g/mol. The zero-order chi connectivity index (χ0) is 15.8. The molecule has 1 heterocycles. The third-order valence-corrected chi connectivity index (χ3v) is 2.74. The summed E-state index contributed by atoms with van der Waals surface area (Å²) in [5, 5.41) is 10.0. The molecule has 3 N–H and O–H groups in total. The first kappa shape index (κ1) is 18.5. The van der Waals surface area contributed by atoms with E-state index in [1.807, 2.05) is 35.3 Å². The summed E-state index contributed by atoms with van der Waals surface area (Å²) in [5.74, 6) is 2.02. The van der Waals surface area contributed by atoms with Gasteiger partial charge in [0.25, 0.3) is 0 Å². The van der Waals surface area contributed by atoms with E-state index in [1.54, 1.807) is 0 Å². The molecule has 1 rings (SSSR count). The first-order chi connectivity index (χ1) is 9.90. The van der Waals surface area contributed by atoms with Crippen LogP contribution in [0.25, 0.3) is 0 Å². The van der Waals surface area contributed by atoms with Crippen molar-refractivity contribution in [2.45, 2.75) is 59.7 Å². The van der Waals surface area contributed by atoms with E-state index in [-0.39, 0.29) is 0 Å². The zero-order valence-electron chi connectivity index (χ0n) is 14.1. The van der Waals surface area contributed by atoms with Crippen molar-refractivity contribution in [2.24, 2.45) is 0 Å². The second-order valence-electron chi connectivity index (χ2n) is 6.10. The van der Waals surface area contributed by atoms with E-state index in [4.69, 9.17) is 0 Å². The zero-order valence-corrected chi connectivity index (χ0v) is 14.1. The number of nitrogens with one attached hydrogen (secondary N) is 3. The minimum atomic E-state index is 0.388. The van der Waals surface area contributed by atoms with Crippen molar-refractivity contribution < 1.29 is 0 Å². The van der Waals surface area contributed by atoms with Crippen molar-refractivity contribution in [1.82, 2.24) is 20.6 Å². The third-order valence-electron chi connectivity index (χ3n) is 2.74. The fourth-order valence-corrected chi connectivity index (χ4v) is 1.66. The quantitative estimate of drug-likeness (QED) is 0.465. The molecule has 3 radical (unpaired) electrons. The Hall–Kier alpha value is -0.580. The molecule has 0 atom stereocenters. The van der Waals surface area contributed by atoms with Crippen molar-refractivity contribution in [3.8, 4) is 0 Å². The van der Waals surface area contributed by atoms with Crippen LogP contribution < -0.4 is 32.2 Å². The summed E-state index contributed by atoms with van der Waals surface area (Å²) < 4.78 is 0. The molecule has 8 heteroatoms. The molecule has 0 aliphatic carbocycles. The SMILES string of the molecule is CC(C)N[B]c1cbnc([B]NC(C)C)c1[B]NC(C)C. The molecule has 1 aromatic rings. The van der Waals surface area contributed by atoms with Crippen molar-refractivity contribution in [3.05, 3.63) is 5.96 Å². The molecule has 4 nitrogen and oxygen atoms in total. The molecule has 21 heavy (non-hydrogen) atoms. The van der Waals surface area contributed by atoms with Gasteiger partial charge in [-0.2, -0.15) is 0 Å². The van der Waals surface area contributed by atoms with Crippen molar-refractivity contribution in [1.29, 1.82) is 0 Å². The average Bonchev–Trinajstić information content (AvgIpc) is 2.40. The van der Waals surface area contributed by atoms with E-state index in [0.717, 1.165) is 16.5 Å². The van der Waals surface area contributed by atoms with Crippen LogP contribution in [0.2, 0.25) is 0 Å². The molecule has 0 saturated heterocycles. The molecular formula is C13H25B4N4. The molecule has 0 aliphatic rings. The van der Waals surface area contributed by atoms with Crippen LogP contribution in [0.4, 0.5) is 0 Å². The van der Waals surface area contributed by atoms with Gasteiger partial charge in [0, 0.05) is 0 Å². The maximum atomic E-state index is 4.48. The predicted octanol–water partition coefficient (Wildman–Crippen LogP) is -1.85. The second-order valence-corrected chi connectivity index (χ2v) is 6.10. The number of hydrogen-bond donors (Lipinski definition) is 3. The number of aromatic nitrogens is 1. The van der Waals surface area contributed by atoms with E-state index >= 15 is 0 Å². The van der Waals surface area contributed by atoms with Crippen molar-refractivity contribution >= 4 is 45.8 Å². The summed E-state index contributed by atoms with van der Waals surface area (Å²) in [6.45, 7) is 12.7. The predicted molar refractivity (Wildman–Crippen MR) is 96.6 cm³/mol. The van der Waals surface area contributed by atoms with Gasteiger partial charge in [0.2, 0.25) is 0 Å². The standard InChI is InChI=1S/C13H25B4N4/c1-8(2)18-15-11-7-14-21-13(17-20-10(5)6)12(11)16-19-9(3)4/h7-10,18-20H,1-6H3. The molecule has 109 valence electrons. The van der Waals surface area contributed by atoms with Gasteiger partial charge in [-0.05, 0) is 0 Å². The van der Waals surface area contributed by atoms with Gasteiger partial charge in [0.05, 0.1) is 0 Å². The van der Waals surface area contributed by atoms with Gasteiger partial charge in [-0.3, -0.25) is 0 Å². The van der Waals surface area contributed by atoms with Crippen molar-refractivity contribution in [3.63, 3.8) is 0 Å². The van der Waals surface area contributed by atoms with Gasteiger partial charge in [-0.25, -0.2) is 0 Å². The van der Waals surface area contributed by atoms with Crippen LogP contribution in [0.15, 0.2) is 5.96 Å². The van der Waals surface area contributed by atoms with Gasteiger partial charge in [-0.1, -0.05) is 0 Å². The average molecular weight is 281 g/mol. The van der Waals surface area contributed by atoms with E-state index in [9.17, 15) is 0 Å². The summed E-state index contributed by atoms with van der Waals surface area (Å²) in [4.78, 5) is 4.48. The van der Waals surface area contributed by atoms with Crippen LogP contribution >= 0.6 is 0 Å². The normalized spacial score (nSPS) is 11.1. The van der Waals surface area contributed by atoms with Crippen LogP contribution in [0.1, 0.15) is 41.5 Å². The number of nitrogens with zero attached hydrogens (tertiary/aromatic N) is 1. The van der Waals surface area contributed by atoms with Crippen LogP contribution in [0, 0.1) is 0 Å². The Morgan fingerprint density at radius 2 is 1.38 bits per heavy atom. The molecule has 0 saturated carbocycles.